The van der Waals surface area contributed by atoms with Gasteiger partial charge in [-0.25, -0.2) is 0 Å². The van der Waals surface area contributed by atoms with Gasteiger partial charge in [0.25, 0.3) is 0 Å². The van der Waals surface area contributed by atoms with Crippen molar-refractivity contribution in [2.75, 3.05) is 13.7 Å². The van der Waals surface area contributed by atoms with Gasteiger partial charge >= 0.3 is 0 Å². The normalized spacial score (nSPS) is 26.1. The van der Waals surface area contributed by atoms with Crippen LogP contribution in [0.15, 0.2) is 35.7 Å². The summed E-state index contributed by atoms with van der Waals surface area (Å²) in [6.45, 7) is 3.71. The zero-order valence-electron chi connectivity index (χ0n) is 15.2. The van der Waals surface area contributed by atoms with Crippen LogP contribution < -0.4 is 4.74 Å². The van der Waals surface area contributed by atoms with E-state index >= 15 is 0 Å². The lowest BCUT2D eigenvalue weighted by Crippen LogP contribution is -2.49. The van der Waals surface area contributed by atoms with Crippen LogP contribution in [0, 0.1) is 0 Å². The molecule has 4 heteroatoms. The highest BCUT2D eigenvalue weighted by Gasteiger charge is 2.42. The molecule has 0 radical (unpaired) electrons. The van der Waals surface area contributed by atoms with Crippen LogP contribution in [0.5, 0.6) is 5.75 Å². The quantitative estimate of drug-likeness (QED) is 0.703. The van der Waals surface area contributed by atoms with Crippen molar-refractivity contribution in [3.05, 3.63) is 51.7 Å². The van der Waals surface area contributed by atoms with E-state index in [1.54, 1.807) is 7.11 Å². The number of benzene rings is 1. The molecule has 0 N–H and O–H groups in total. The maximum Gasteiger partial charge on any atom is 0.119 e. The molecule has 2 aromatic rings. The van der Waals surface area contributed by atoms with E-state index in [4.69, 9.17) is 4.74 Å². The summed E-state index contributed by atoms with van der Waals surface area (Å²) in [5, 5.41) is 2.21. The molecule has 0 saturated carbocycles. The molecule has 1 aliphatic carbocycles. The zero-order chi connectivity index (χ0) is 16.6. The average Bonchev–Trinajstić information content (AvgIpc) is 3.27. The standard InChI is InChI=1S/C21H27NOS.ClH/c1-21(11-3-6-16-14-18(23-2)9-10-20(16)21)22-12-4-7-17(22)15-19-8-5-13-24-19;/h5,8-10,13-14,17H,3-4,6-7,11-12,15H2,1-2H3;1H. The molecule has 1 fully saturated rings. The summed E-state index contributed by atoms with van der Waals surface area (Å²) < 4.78 is 5.45. The minimum absolute atomic E-state index is 0. The van der Waals surface area contributed by atoms with Gasteiger partial charge in [0.2, 0.25) is 0 Å². The van der Waals surface area contributed by atoms with Gasteiger partial charge in [-0.05, 0) is 86.7 Å². The molecule has 2 nitrogen and oxygen atoms in total. The number of halogens is 1. The van der Waals surface area contributed by atoms with Crippen molar-refractivity contribution in [2.45, 2.75) is 57.0 Å². The molecule has 1 aromatic heterocycles. The first-order chi connectivity index (χ1) is 11.7. The minimum atomic E-state index is 0. The molecule has 1 aromatic carbocycles. The highest BCUT2D eigenvalue weighted by Crippen LogP contribution is 2.44. The van der Waals surface area contributed by atoms with Gasteiger partial charge in [-0.1, -0.05) is 12.1 Å². The molecule has 2 unspecified atom stereocenters. The monoisotopic (exact) mass is 377 g/mol. The highest BCUT2D eigenvalue weighted by molar-refractivity contribution is 7.09. The van der Waals surface area contributed by atoms with Crippen LogP contribution in [0.4, 0.5) is 0 Å². The lowest BCUT2D eigenvalue weighted by atomic mass is 9.76. The van der Waals surface area contributed by atoms with Crippen molar-refractivity contribution in [3.63, 3.8) is 0 Å². The van der Waals surface area contributed by atoms with Gasteiger partial charge < -0.3 is 4.74 Å². The molecule has 2 atom stereocenters. The number of rotatable bonds is 4. The van der Waals surface area contributed by atoms with Crippen molar-refractivity contribution < 1.29 is 4.74 Å². The third-order valence-electron chi connectivity index (χ3n) is 6.03. The van der Waals surface area contributed by atoms with E-state index in [1.165, 1.54) is 61.1 Å². The lowest BCUT2D eigenvalue weighted by molar-refractivity contribution is 0.0704. The summed E-state index contributed by atoms with van der Waals surface area (Å²) in [6, 6.07) is 11.9. The average molecular weight is 378 g/mol. The van der Waals surface area contributed by atoms with Crippen molar-refractivity contribution in [1.82, 2.24) is 4.90 Å². The second-order valence-electron chi connectivity index (χ2n) is 7.42. The van der Waals surface area contributed by atoms with Crippen LogP contribution in [-0.4, -0.2) is 24.6 Å². The summed E-state index contributed by atoms with van der Waals surface area (Å²) in [6.07, 6.45) is 7.60. The van der Waals surface area contributed by atoms with Gasteiger partial charge in [-0.2, -0.15) is 0 Å². The van der Waals surface area contributed by atoms with Crippen molar-refractivity contribution >= 4 is 23.7 Å². The van der Waals surface area contributed by atoms with Crippen molar-refractivity contribution in [2.24, 2.45) is 0 Å². The van der Waals surface area contributed by atoms with Crippen LogP contribution >= 0.6 is 23.7 Å². The van der Waals surface area contributed by atoms with Gasteiger partial charge in [0, 0.05) is 16.5 Å². The summed E-state index contributed by atoms with van der Waals surface area (Å²) in [5.41, 5.74) is 3.20. The summed E-state index contributed by atoms with van der Waals surface area (Å²) >= 11 is 1.90. The Balaban J connectivity index is 0.00000182. The Hall–Kier alpha value is -1.03. The molecule has 2 heterocycles. The molecular formula is C21H28ClNOS. The number of nitrogens with zero attached hydrogens (tertiary/aromatic N) is 1. The summed E-state index contributed by atoms with van der Waals surface area (Å²) in [7, 11) is 1.77. The van der Waals surface area contributed by atoms with Crippen LogP contribution in [0.1, 0.15) is 48.6 Å². The predicted octanol–water partition coefficient (Wildman–Crippen LogP) is 5.44. The lowest BCUT2D eigenvalue weighted by Gasteiger charge is -2.46. The Morgan fingerprint density at radius 3 is 2.92 bits per heavy atom. The number of fused-ring (bicyclic) bond motifs is 1. The topological polar surface area (TPSA) is 12.5 Å². The Morgan fingerprint density at radius 2 is 2.16 bits per heavy atom. The SMILES string of the molecule is COc1ccc2c(c1)CCCC2(C)N1CCCC1Cc1cccs1.Cl. The Labute approximate surface area is 161 Å². The number of hydrogen-bond acceptors (Lipinski definition) is 3. The number of thiophene rings is 1. The largest absolute Gasteiger partial charge is 0.497 e. The fourth-order valence-electron chi connectivity index (χ4n) is 4.84. The molecule has 4 rings (SSSR count). The summed E-state index contributed by atoms with van der Waals surface area (Å²) in [4.78, 5) is 4.35. The third kappa shape index (κ3) is 3.47. The maximum absolute atomic E-state index is 5.45. The molecule has 25 heavy (non-hydrogen) atoms. The highest BCUT2D eigenvalue weighted by atomic mass is 35.5. The van der Waals surface area contributed by atoms with E-state index in [-0.39, 0.29) is 17.9 Å². The zero-order valence-corrected chi connectivity index (χ0v) is 16.8. The second-order valence-corrected chi connectivity index (χ2v) is 8.46. The minimum Gasteiger partial charge on any atom is -0.497 e. The van der Waals surface area contributed by atoms with E-state index in [1.807, 2.05) is 11.3 Å². The molecule has 0 amide bonds. The fourth-order valence-corrected chi connectivity index (χ4v) is 5.62. The van der Waals surface area contributed by atoms with Gasteiger partial charge in [0.15, 0.2) is 0 Å². The van der Waals surface area contributed by atoms with E-state index in [0.29, 0.717) is 6.04 Å². The van der Waals surface area contributed by atoms with Crippen molar-refractivity contribution in [3.8, 4) is 5.75 Å². The summed E-state index contributed by atoms with van der Waals surface area (Å²) in [5.74, 6) is 0.995. The maximum atomic E-state index is 5.45. The van der Waals surface area contributed by atoms with Crippen LogP contribution in [-0.2, 0) is 18.4 Å². The first-order valence-electron chi connectivity index (χ1n) is 9.17. The van der Waals surface area contributed by atoms with Gasteiger partial charge in [-0.15, -0.1) is 23.7 Å². The first kappa shape index (κ1) is 18.8. The van der Waals surface area contributed by atoms with Crippen molar-refractivity contribution in [1.29, 1.82) is 0 Å². The van der Waals surface area contributed by atoms with Gasteiger partial charge in [-0.3, -0.25) is 4.90 Å². The Morgan fingerprint density at radius 1 is 1.28 bits per heavy atom. The Kier molecular flexibility index (Phi) is 5.77. The number of methoxy groups -OCH3 is 1. The molecule has 1 aliphatic heterocycles. The van der Waals surface area contributed by atoms with Crippen LogP contribution in [0.2, 0.25) is 0 Å². The Bertz CT molecular complexity index is 702. The third-order valence-corrected chi connectivity index (χ3v) is 6.93. The van der Waals surface area contributed by atoms with E-state index in [9.17, 15) is 0 Å². The molecule has 2 aliphatic rings. The van der Waals surface area contributed by atoms with Crippen LogP contribution in [0.25, 0.3) is 0 Å². The van der Waals surface area contributed by atoms with Gasteiger partial charge in [0.1, 0.15) is 5.75 Å². The fraction of sp³-hybridized carbons (Fsp3) is 0.524. The van der Waals surface area contributed by atoms with E-state index < -0.39 is 0 Å². The molecule has 136 valence electrons. The number of ether oxygens (including phenoxy) is 1. The number of likely N-dealkylation sites (tertiary alicyclic amines) is 1. The van der Waals surface area contributed by atoms with E-state index in [0.717, 1.165) is 5.75 Å². The number of hydrogen-bond donors (Lipinski definition) is 0. The number of aryl methyl sites for hydroxylation is 1. The smallest absolute Gasteiger partial charge is 0.119 e. The van der Waals surface area contributed by atoms with E-state index in [2.05, 4.69) is 47.5 Å². The molecule has 1 saturated heterocycles. The molecular weight excluding hydrogens is 350 g/mol. The first-order valence-corrected chi connectivity index (χ1v) is 10.1. The molecule has 0 spiro atoms. The predicted molar refractivity (Wildman–Crippen MR) is 108 cm³/mol. The molecule has 0 bridgehead atoms. The van der Waals surface area contributed by atoms with Gasteiger partial charge in [0.05, 0.1) is 7.11 Å². The van der Waals surface area contributed by atoms with Crippen LogP contribution in [0.3, 0.4) is 0 Å². The second kappa shape index (κ2) is 7.69.